The number of carbonyl (C=O) groups excluding carboxylic acids is 2. The van der Waals surface area contributed by atoms with Crippen molar-refractivity contribution in [2.24, 2.45) is 5.92 Å². The van der Waals surface area contributed by atoms with Crippen molar-refractivity contribution >= 4 is 11.8 Å². The molecule has 1 unspecified atom stereocenters. The molecule has 0 N–H and O–H groups in total. The third-order valence-electron chi connectivity index (χ3n) is 5.70. The van der Waals surface area contributed by atoms with Crippen molar-refractivity contribution in [3.63, 3.8) is 0 Å². The van der Waals surface area contributed by atoms with Crippen molar-refractivity contribution in [3.8, 4) is 0 Å². The highest BCUT2D eigenvalue weighted by Gasteiger charge is 2.65. The van der Waals surface area contributed by atoms with Gasteiger partial charge >= 0.3 is 12.1 Å². The van der Waals surface area contributed by atoms with Crippen LogP contribution in [-0.2, 0) is 14.3 Å². The van der Waals surface area contributed by atoms with Gasteiger partial charge < -0.3 is 4.74 Å². The molecule has 138 valence electrons. The molecule has 3 rings (SSSR count). The zero-order valence-corrected chi connectivity index (χ0v) is 14.4. The number of likely N-dealkylation sites (N-methyl/N-ethyl adjacent to an activating group) is 1. The number of rotatable bonds is 3. The molecule has 0 amide bonds. The summed E-state index contributed by atoms with van der Waals surface area (Å²) < 4.78 is 45.5. The molecule has 1 fully saturated rings. The lowest BCUT2D eigenvalue weighted by atomic mass is 9.70. The van der Waals surface area contributed by atoms with Gasteiger partial charge in [0.1, 0.15) is 0 Å². The Labute approximate surface area is 144 Å². The van der Waals surface area contributed by atoms with Crippen molar-refractivity contribution in [3.05, 3.63) is 22.8 Å². The fraction of sp³-hybridized carbons (Fsp3) is 0.667. The highest BCUT2D eigenvalue weighted by molar-refractivity contribution is 6.02. The van der Waals surface area contributed by atoms with Gasteiger partial charge in [0.2, 0.25) is 5.54 Å². The highest BCUT2D eigenvalue weighted by Crippen LogP contribution is 2.48. The van der Waals surface area contributed by atoms with E-state index < -0.39 is 17.7 Å². The Kier molecular flexibility index (Phi) is 4.56. The average Bonchev–Trinajstić information content (AvgIpc) is 2.57. The number of nitrogens with zero attached hydrogens (tertiary/aromatic N) is 1. The Hall–Kier alpha value is -1.63. The largest absolute Gasteiger partial charge is 0.467 e. The van der Waals surface area contributed by atoms with Gasteiger partial charge in [-0.3, -0.25) is 9.69 Å². The topological polar surface area (TPSA) is 46.6 Å². The van der Waals surface area contributed by atoms with Gasteiger partial charge in [0, 0.05) is 24.5 Å². The lowest BCUT2D eigenvalue weighted by Gasteiger charge is -2.46. The maximum atomic E-state index is 13.7. The van der Waals surface area contributed by atoms with Crippen molar-refractivity contribution in [1.82, 2.24) is 4.90 Å². The van der Waals surface area contributed by atoms with Crippen LogP contribution < -0.4 is 0 Å². The molecule has 1 heterocycles. The van der Waals surface area contributed by atoms with E-state index in [9.17, 15) is 22.8 Å². The van der Waals surface area contributed by atoms with Crippen LogP contribution in [0.5, 0.6) is 0 Å². The molecule has 0 bridgehead atoms. The maximum Gasteiger partial charge on any atom is 0.421 e. The van der Waals surface area contributed by atoms with Gasteiger partial charge in [0.05, 0.1) is 7.11 Å². The number of carbonyl (C=O) groups is 2. The Morgan fingerprint density at radius 3 is 2.44 bits per heavy atom. The van der Waals surface area contributed by atoms with E-state index >= 15 is 0 Å². The van der Waals surface area contributed by atoms with Crippen molar-refractivity contribution in [2.75, 3.05) is 20.7 Å². The summed E-state index contributed by atoms with van der Waals surface area (Å²) in [5.41, 5.74) is -1.03. The number of alkyl halides is 3. The minimum atomic E-state index is -4.80. The molecule has 25 heavy (non-hydrogen) atoms. The van der Waals surface area contributed by atoms with Crippen LogP contribution in [0.4, 0.5) is 13.2 Å². The molecular formula is C18H22F3NO3. The Balaban J connectivity index is 1.94. The van der Waals surface area contributed by atoms with Crippen molar-refractivity contribution < 1.29 is 27.5 Å². The predicted octanol–water partition coefficient (Wildman–Crippen LogP) is 3.18. The van der Waals surface area contributed by atoms with E-state index in [0.717, 1.165) is 50.2 Å². The molecule has 3 aliphatic rings. The molecule has 1 atom stereocenters. The number of ether oxygens (including phenoxy) is 1. The number of fused-ring (bicyclic) bond motifs is 1. The van der Waals surface area contributed by atoms with Crippen LogP contribution in [0.2, 0.25) is 0 Å². The summed E-state index contributed by atoms with van der Waals surface area (Å²) in [6, 6.07) is 0. The molecule has 0 radical (unpaired) electrons. The normalized spacial score (nSPS) is 28.1. The standard InChI is InChI=1S/C18H22F3NO3/c1-22-10-14-12(9-17(22,16(24)25-2)18(19,20)21)8-13(14)15(23)11-6-4-3-5-7-11/h9,11H,3-8,10H2,1-2H3. The number of methoxy groups -OCH3 is 1. The summed E-state index contributed by atoms with van der Waals surface area (Å²) in [4.78, 5) is 25.6. The molecule has 7 heteroatoms. The van der Waals surface area contributed by atoms with Gasteiger partial charge in [0.25, 0.3) is 0 Å². The van der Waals surface area contributed by atoms with Crippen LogP contribution in [0, 0.1) is 5.92 Å². The van der Waals surface area contributed by atoms with E-state index in [4.69, 9.17) is 0 Å². The Morgan fingerprint density at radius 1 is 1.24 bits per heavy atom. The van der Waals surface area contributed by atoms with E-state index in [2.05, 4.69) is 4.74 Å². The van der Waals surface area contributed by atoms with Gasteiger partial charge in [-0.1, -0.05) is 19.3 Å². The average molecular weight is 357 g/mol. The van der Waals surface area contributed by atoms with Crippen LogP contribution in [0.15, 0.2) is 22.8 Å². The van der Waals surface area contributed by atoms with Crippen LogP contribution >= 0.6 is 0 Å². The van der Waals surface area contributed by atoms with E-state index in [-0.39, 0.29) is 24.7 Å². The minimum absolute atomic E-state index is 0.00184. The molecule has 1 saturated carbocycles. The van der Waals surface area contributed by atoms with Crippen molar-refractivity contribution in [1.29, 1.82) is 0 Å². The number of allylic oxidation sites excluding steroid dienone is 1. The summed E-state index contributed by atoms with van der Waals surface area (Å²) in [6.07, 6.45) is 1.27. The first-order valence-electron chi connectivity index (χ1n) is 8.57. The summed E-state index contributed by atoms with van der Waals surface area (Å²) in [5, 5.41) is 0. The van der Waals surface area contributed by atoms with Crippen LogP contribution in [0.3, 0.4) is 0 Å². The van der Waals surface area contributed by atoms with Crippen LogP contribution in [0.25, 0.3) is 0 Å². The molecular weight excluding hydrogens is 335 g/mol. The zero-order valence-electron chi connectivity index (χ0n) is 14.4. The summed E-state index contributed by atoms with van der Waals surface area (Å²) >= 11 is 0. The van der Waals surface area contributed by atoms with Gasteiger partial charge in [-0.15, -0.1) is 0 Å². The van der Waals surface area contributed by atoms with Gasteiger partial charge in [-0.2, -0.15) is 13.2 Å². The number of ketones is 1. The number of esters is 1. The fourth-order valence-corrected chi connectivity index (χ4v) is 4.18. The smallest absolute Gasteiger partial charge is 0.421 e. The van der Waals surface area contributed by atoms with E-state index in [1.807, 2.05) is 0 Å². The Morgan fingerprint density at radius 2 is 1.88 bits per heavy atom. The zero-order chi connectivity index (χ0) is 18.4. The van der Waals surface area contributed by atoms with Gasteiger partial charge in [-0.05, 0) is 37.1 Å². The van der Waals surface area contributed by atoms with Crippen LogP contribution in [-0.4, -0.2) is 49.1 Å². The number of hydrogen-bond donors (Lipinski definition) is 0. The predicted molar refractivity (Wildman–Crippen MR) is 84.7 cm³/mol. The fourth-order valence-electron chi connectivity index (χ4n) is 4.18. The SMILES string of the molecule is COC(=O)C1(C(F)(F)F)C=C2CC(C(=O)C3CCCCC3)=C2CN1C. The second-order valence-electron chi connectivity index (χ2n) is 7.11. The maximum absolute atomic E-state index is 13.7. The summed E-state index contributed by atoms with van der Waals surface area (Å²) in [6.45, 7) is -0.0752. The molecule has 0 aromatic heterocycles. The quantitative estimate of drug-likeness (QED) is 0.728. The van der Waals surface area contributed by atoms with Crippen molar-refractivity contribution in [2.45, 2.75) is 50.2 Å². The minimum Gasteiger partial charge on any atom is -0.467 e. The highest BCUT2D eigenvalue weighted by atomic mass is 19.4. The first-order valence-corrected chi connectivity index (χ1v) is 8.57. The molecule has 1 aliphatic heterocycles. The third kappa shape index (κ3) is 2.72. The molecule has 0 spiro atoms. The second kappa shape index (κ2) is 6.27. The Bertz CT molecular complexity index is 659. The summed E-state index contributed by atoms with van der Waals surface area (Å²) in [7, 11) is 2.19. The monoisotopic (exact) mass is 357 g/mol. The first-order chi connectivity index (χ1) is 11.7. The number of halogens is 3. The molecule has 4 nitrogen and oxygen atoms in total. The number of Topliss-reactive ketones (excluding diaryl/α,β-unsaturated/α-hetero) is 1. The molecule has 0 aromatic rings. The molecule has 0 saturated heterocycles. The summed E-state index contributed by atoms with van der Waals surface area (Å²) in [5.74, 6) is -1.27. The van der Waals surface area contributed by atoms with E-state index in [0.29, 0.717) is 16.7 Å². The van der Waals surface area contributed by atoms with E-state index in [1.165, 1.54) is 7.05 Å². The molecule has 0 aromatic carbocycles. The molecule has 2 aliphatic carbocycles. The van der Waals surface area contributed by atoms with Crippen LogP contribution in [0.1, 0.15) is 38.5 Å². The first kappa shape index (κ1) is 18.2. The lowest BCUT2D eigenvalue weighted by Crippen LogP contribution is -2.64. The number of hydrogen-bond acceptors (Lipinski definition) is 4. The lowest BCUT2D eigenvalue weighted by molar-refractivity contribution is -0.223. The third-order valence-corrected chi connectivity index (χ3v) is 5.70. The van der Waals surface area contributed by atoms with Gasteiger partial charge in [-0.25, -0.2) is 4.79 Å². The second-order valence-corrected chi connectivity index (χ2v) is 7.11. The van der Waals surface area contributed by atoms with E-state index in [1.54, 1.807) is 0 Å². The van der Waals surface area contributed by atoms with Gasteiger partial charge in [0.15, 0.2) is 5.78 Å².